The van der Waals surface area contributed by atoms with E-state index >= 15 is 0 Å². The van der Waals surface area contributed by atoms with Crippen LogP contribution in [0.25, 0.3) is 0 Å². The summed E-state index contributed by atoms with van der Waals surface area (Å²) >= 11 is 0. The molecule has 1 aliphatic rings. The van der Waals surface area contributed by atoms with E-state index < -0.39 is 50.5 Å². The van der Waals surface area contributed by atoms with Crippen molar-refractivity contribution in [2.45, 2.75) is 49.8 Å². The Bertz CT molecular complexity index is 1160. The summed E-state index contributed by atoms with van der Waals surface area (Å²) in [6, 6.07) is 1.40. The number of hydrogen-bond donors (Lipinski definition) is 0. The van der Waals surface area contributed by atoms with E-state index in [0.717, 1.165) is 12.1 Å². The van der Waals surface area contributed by atoms with Crippen LogP contribution in [0.5, 0.6) is 0 Å². The van der Waals surface area contributed by atoms with Crippen LogP contribution in [0.4, 0.5) is 11.4 Å². The van der Waals surface area contributed by atoms with Crippen LogP contribution in [0, 0.1) is 20.2 Å². The van der Waals surface area contributed by atoms with Gasteiger partial charge >= 0.3 is 0 Å². The SMILES string of the molecule is C=CCON(C1C=CC(CO[Si](C)(C)C(C)(C)C)=NC1)S(=O)(=O)c1ccc([N+](=O)[O-])cc1[N+](=O)[O-]. The predicted octanol–water partition coefficient (Wildman–Crippen LogP) is 4.01. The number of hydroxylamine groups is 1. The van der Waals surface area contributed by atoms with Gasteiger partial charge in [0.05, 0.1) is 47.4 Å². The van der Waals surface area contributed by atoms with Crippen molar-refractivity contribution in [2.75, 3.05) is 19.8 Å². The van der Waals surface area contributed by atoms with E-state index in [-0.39, 0.29) is 24.8 Å². The van der Waals surface area contributed by atoms with Crippen LogP contribution in [0.2, 0.25) is 18.1 Å². The molecule has 12 nitrogen and oxygen atoms in total. The molecule has 1 aromatic rings. The number of nitro benzene ring substituents is 2. The van der Waals surface area contributed by atoms with Gasteiger partial charge in [-0.2, -0.15) is 0 Å². The minimum absolute atomic E-state index is 0.0101. The number of hydrogen-bond acceptors (Lipinski definition) is 9. The topological polar surface area (TPSA) is 154 Å². The summed E-state index contributed by atoms with van der Waals surface area (Å²) in [5.41, 5.74) is -0.908. The first-order valence-corrected chi connectivity index (χ1v) is 15.0. The minimum atomic E-state index is -4.61. The molecule has 1 heterocycles. The molecular weight excluding hydrogens is 496 g/mol. The monoisotopic (exact) mass is 526 g/mol. The smallest absolute Gasteiger partial charge is 0.296 e. The van der Waals surface area contributed by atoms with Crippen LogP contribution in [-0.4, -0.2) is 62.6 Å². The molecule has 0 aliphatic carbocycles. The molecule has 1 aromatic carbocycles. The fourth-order valence-corrected chi connectivity index (χ4v) is 5.26. The first-order chi connectivity index (χ1) is 16.1. The second-order valence-electron chi connectivity index (χ2n) is 9.32. The quantitative estimate of drug-likeness (QED) is 0.181. The van der Waals surface area contributed by atoms with E-state index in [1.165, 1.54) is 6.08 Å². The summed E-state index contributed by atoms with van der Waals surface area (Å²) in [6.45, 7) is 14.1. The van der Waals surface area contributed by atoms with E-state index in [4.69, 9.17) is 9.26 Å². The number of non-ortho nitro benzene ring substituents is 1. The maximum absolute atomic E-state index is 13.4. The van der Waals surface area contributed by atoms with E-state index in [9.17, 15) is 28.6 Å². The normalized spacial score (nSPS) is 16.7. The Labute approximate surface area is 205 Å². The summed E-state index contributed by atoms with van der Waals surface area (Å²) in [7, 11) is -6.63. The highest BCUT2D eigenvalue weighted by Gasteiger charge is 2.39. The Morgan fingerprint density at radius 2 is 1.91 bits per heavy atom. The van der Waals surface area contributed by atoms with Crippen LogP contribution in [0.1, 0.15) is 20.8 Å². The Morgan fingerprint density at radius 3 is 2.40 bits per heavy atom. The third kappa shape index (κ3) is 6.67. The van der Waals surface area contributed by atoms with Gasteiger partial charge in [-0.1, -0.05) is 37.4 Å². The summed E-state index contributed by atoms with van der Waals surface area (Å²) in [6.07, 6.45) is 4.52. The van der Waals surface area contributed by atoms with Crippen molar-refractivity contribution < 1.29 is 27.5 Å². The summed E-state index contributed by atoms with van der Waals surface area (Å²) < 4.78 is 33.5. The highest BCUT2D eigenvalue weighted by atomic mass is 32.2. The zero-order valence-electron chi connectivity index (χ0n) is 20.3. The van der Waals surface area contributed by atoms with E-state index in [1.54, 1.807) is 12.2 Å². The third-order valence-corrected chi connectivity index (χ3v) is 12.1. The molecule has 192 valence electrons. The van der Waals surface area contributed by atoms with Crippen molar-refractivity contribution in [1.82, 2.24) is 4.47 Å². The van der Waals surface area contributed by atoms with Gasteiger partial charge in [0.25, 0.3) is 21.4 Å². The standard InChI is InChI=1S/C21H30N4O8SSi/c1-7-12-32-25(18-9-8-16(22-14-18)15-33-35(5,6)21(2,3)4)34(30,31)20-11-10-17(23(26)27)13-19(20)24(28)29/h7-11,13,18H,1,12,14-15H2,2-6H3. The molecule has 35 heavy (non-hydrogen) atoms. The third-order valence-electron chi connectivity index (χ3n) is 5.83. The molecule has 0 bridgehead atoms. The van der Waals surface area contributed by atoms with Crippen LogP contribution in [0.15, 0.2) is 52.9 Å². The molecule has 0 saturated heterocycles. The Hall–Kier alpha value is -2.78. The molecule has 0 aromatic heterocycles. The van der Waals surface area contributed by atoms with Gasteiger partial charge in [0.1, 0.15) is 0 Å². The molecule has 14 heteroatoms. The predicted molar refractivity (Wildman–Crippen MR) is 133 cm³/mol. The largest absolute Gasteiger partial charge is 0.411 e. The lowest BCUT2D eigenvalue weighted by Gasteiger charge is -2.36. The highest BCUT2D eigenvalue weighted by molar-refractivity contribution is 7.89. The highest BCUT2D eigenvalue weighted by Crippen LogP contribution is 2.36. The van der Waals surface area contributed by atoms with Gasteiger partial charge in [-0.3, -0.25) is 30.1 Å². The maximum Gasteiger partial charge on any atom is 0.296 e. The van der Waals surface area contributed by atoms with Gasteiger partial charge < -0.3 is 4.43 Å². The summed E-state index contributed by atoms with van der Waals surface area (Å²) in [4.78, 5) is 29.8. The average molecular weight is 527 g/mol. The number of aliphatic imine (C=N–C) groups is 1. The van der Waals surface area contributed by atoms with Crippen LogP contribution in [-0.2, 0) is 19.3 Å². The minimum Gasteiger partial charge on any atom is -0.411 e. The molecule has 0 amide bonds. The van der Waals surface area contributed by atoms with Crippen molar-refractivity contribution >= 4 is 35.4 Å². The fourth-order valence-electron chi connectivity index (χ4n) is 2.79. The molecule has 2 rings (SSSR count). The summed E-state index contributed by atoms with van der Waals surface area (Å²) in [5.74, 6) is 0. The van der Waals surface area contributed by atoms with Crippen LogP contribution >= 0.6 is 0 Å². The fraction of sp³-hybridized carbons (Fsp3) is 0.476. The van der Waals surface area contributed by atoms with Crippen molar-refractivity contribution in [2.24, 2.45) is 4.99 Å². The number of rotatable bonds is 11. The molecule has 1 atom stereocenters. The molecule has 0 radical (unpaired) electrons. The molecule has 0 N–H and O–H groups in total. The van der Waals surface area contributed by atoms with Crippen molar-refractivity contribution in [3.63, 3.8) is 0 Å². The molecular formula is C21H30N4O8SSi. The maximum atomic E-state index is 13.4. The Balaban J connectivity index is 2.34. The van der Waals surface area contributed by atoms with Crippen molar-refractivity contribution in [3.8, 4) is 0 Å². The molecule has 1 unspecified atom stereocenters. The van der Waals surface area contributed by atoms with Gasteiger partial charge in [0.2, 0.25) is 0 Å². The van der Waals surface area contributed by atoms with Gasteiger partial charge in [0, 0.05) is 6.07 Å². The van der Waals surface area contributed by atoms with Crippen molar-refractivity contribution in [3.05, 3.63) is 63.2 Å². The zero-order chi connectivity index (χ0) is 26.6. The zero-order valence-corrected chi connectivity index (χ0v) is 22.1. The first-order valence-electron chi connectivity index (χ1n) is 10.7. The van der Waals surface area contributed by atoms with E-state index in [0.29, 0.717) is 16.2 Å². The van der Waals surface area contributed by atoms with Gasteiger partial charge in [0.15, 0.2) is 13.2 Å². The van der Waals surface area contributed by atoms with Gasteiger partial charge in [-0.15, -0.1) is 6.58 Å². The molecule has 1 aliphatic heterocycles. The first kappa shape index (κ1) is 28.5. The average Bonchev–Trinajstić information content (AvgIpc) is 2.77. The number of dihydropyridines is 1. The Kier molecular flexibility index (Phi) is 8.83. The van der Waals surface area contributed by atoms with Gasteiger partial charge in [-0.25, -0.2) is 8.42 Å². The number of sulfonamides is 1. The lowest BCUT2D eigenvalue weighted by molar-refractivity contribution is -0.396. The second kappa shape index (κ2) is 10.9. The lowest BCUT2D eigenvalue weighted by Crippen LogP contribution is -2.44. The van der Waals surface area contributed by atoms with E-state index in [1.807, 2.05) is 0 Å². The molecule has 0 fully saturated rings. The van der Waals surface area contributed by atoms with Crippen LogP contribution in [0.3, 0.4) is 0 Å². The van der Waals surface area contributed by atoms with Gasteiger partial charge in [-0.05, 0) is 30.3 Å². The number of nitrogens with zero attached hydrogens (tertiary/aromatic N) is 4. The Morgan fingerprint density at radius 1 is 1.26 bits per heavy atom. The lowest BCUT2D eigenvalue weighted by atomic mass is 10.2. The summed E-state index contributed by atoms with van der Waals surface area (Å²) in [5, 5.41) is 22.5. The van der Waals surface area contributed by atoms with Crippen LogP contribution < -0.4 is 0 Å². The van der Waals surface area contributed by atoms with Crippen molar-refractivity contribution in [1.29, 1.82) is 0 Å². The molecule has 0 spiro atoms. The van der Waals surface area contributed by atoms with E-state index in [2.05, 4.69) is 45.4 Å². The number of nitro groups is 2. The number of benzene rings is 1. The molecule has 0 saturated carbocycles. The second-order valence-corrected chi connectivity index (χ2v) is 15.9.